The molecule has 3 rings (SSSR count). The lowest BCUT2D eigenvalue weighted by Crippen LogP contribution is -2.08. The van der Waals surface area contributed by atoms with Gasteiger partial charge in [-0.05, 0) is 30.7 Å². The predicted molar refractivity (Wildman–Crippen MR) is 99.7 cm³/mol. The molecule has 0 aliphatic rings. The Morgan fingerprint density at radius 3 is 2.46 bits per heavy atom. The maximum absolute atomic E-state index is 6.18. The Morgan fingerprint density at radius 2 is 1.71 bits per heavy atom. The fourth-order valence-corrected chi connectivity index (χ4v) is 2.43. The van der Waals surface area contributed by atoms with Crippen LogP contribution < -0.4 is 16.4 Å². The SMILES string of the molecule is Cc1ccc(Nc2ncnc(NCc3ccccc3Cl)c2N)cc1. The van der Waals surface area contributed by atoms with Crippen molar-refractivity contribution in [3.05, 3.63) is 71.0 Å². The zero-order valence-corrected chi connectivity index (χ0v) is 14.0. The van der Waals surface area contributed by atoms with Crippen molar-refractivity contribution in [2.45, 2.75) is 13.5 Å². The molecule has 0 unspecified atom stereocenters. The van der Waals surface area contributed by atoms with Crippen LogP contribution in [-0.4, -0.2) is 9.97 Å². The topological polar surface area (TPSA) is 75.9 Å². The van der Waals surface area contributed by atoms with Crippen molar-refractivity contribution >= 4 is 34.6 Å². The minimum absolute atomic E-state index is 0.463. The number of benzene rings is 2. The number of nitrogens with one attached hydrogen (secondary N) is 2. The van der Waals surface area contributed by atoms with Gasteiger partial charge in [-0.2, -0.15) is 0 Å². The van der Waals surface area contributed by atoms with E-state index in [1.165, 1.54) is 11.9 Å². The fourth-order valence-electron chi connectivity index (χ4n) is 2.23. The highest BCUT2D eigenvalue weighted by atomic mass is 35.5. The molecule has 0 amide bonds. The van der Waals surface area contributed by atoms with Gasteiger partial charge in [0.2, 0.25) is 0 Å². The first kappa shape index (κ1) is 16.1. The van der Waals surface area contributed by atoms with Crippen molar-refractivity contribution in [2.75, 3.05) is 16.4 Å². The van der Waals surface area contributed by atoms with Gasteiger partial charge in [0.1, 0.15) is 12.0 Å². The van der Waals surface area contributed by atoms with E-state index in [1.54, 1.807) is 0 Å². The van der Waals surface area contributed by atoms with Crippen molar-refractivity contribution in [1.82, 2.24) is 9.97 Å². The molecule has 0 atom stereocenters. The third-order valence-corrected chi connectivity index (χ3v) is 3.97. The third-order valence-electron chi connectivity index (χ3n) is 3.60. The molecule has 24 heavy (non-hydrogen) atoms. The maximum atomic E-state index is 6.18. The third kappa shape index (κ3) is 3.75. The van der Waals surface area contributed by atoms with Crippen LogP contribution in [0.3, 0.4) is 0 Å². The van der Waals surface area contributed by atoms with Crippen molar-refractivity contribution in [2.24, 2.45) is 0 Å². The quantitative estimate of drug-likeness (QED) is 0.643. The average molecular weight is 340 g/mol. The number of nitrogens with two attached hydrogens (primary N) is 1. The number of nitrogen functional groups attached to an aromatic ring is 1. The molecule has 122 valence electrons. The molecule has 0 aliphatic carbocycles. The van der Waals surface area contributed by atoms with E-state index in [0.29, 0.717) is 28.9 Å². The van der Waals surface area contributed by atoms with Crippen LogP contribution in [0, 0.1) is 6.92 Å². The molecule has 0 fully saturated rings. The highest BCUT2D eigenvalue weighted by Gasteiger charge is 2.09. The van der Waals surface area contributed by atoms with Crippen molar-refractivity contribution in [3.63, 3.8) is 0 Å². The Bertz CT molecular complexity index is 833. The van der Waals surface area contributed by atoms with E-state index in [9.17, 15) is 0 Å². The summed E-state index contributed by atoms with van der Waals surface area (Å²) in [5.41, 5.74) is 9.73. The van der Waals surface area contributed by atoms with Gasteiger partial charge < -0.3 is 16.4 Å². The second-order valence-electron chi connectivity index (χ2n) is 5.42. The highest BCUT2D eigenvalue weighted by Crippen LogP contribution is 2.26. The number of halogens is 1. The Morgan fingerprint density at radius 1 is 1.00 bits per heavy atom. The van der Waals surface area contributed by atoms with Crippen LogP contribution in [-0.2, 0) is 6.54 Å². The van der Waals surface area contributed by atoms with Gasteiger partial charge in [0, 0.05) is 17.3 Å². The zero-order valence-electron chi connectivity index (χ0n) is 13.3. The Balaban J connectivity index is 1.75. The molecular weight excluding hydrogens is 322 g/mol. The van der Waals surface area contributed by atoms with Crippen LogP contribution in [0.4, 0.5) is 23.0 Å². The molecule has 1 aromatic heterocycles. The summed E-state index contributed by atoms with van der Waals surface area (Å²) in [4.78, 5) is 8.43. The molecule has 0 saturated carbocycles. The number of nitrogens with zero attached hydrogens (tertiary/aromatic N) is 2. The summed E-state index contributed by atoms with van der Waals surface area (Å²) < 4.78 is 0. The van der Waals surface area contributed by atoms with E-state index in [4.69, 9.17) is 17.3 Å². The lowest BCUT2D eigenvalue weighted by Gasteiger charge is -2.13. The molecule has 3 aromatic rings. The maximum Gasteiger partial charge on any atom is 0.159 e. The molecule has 1 heterocycles. The molecule has 2 aromatic carbocycles. The lowest BCUT2D eigenvalue weighted by atomic mass is 10.2. The van der Waals surface area contributed by atoms with Crippen molar-refractivity contribution in [3.8, 4) is 0 Å². The average Bonchev–Trinajstić information content (AvgIpc) is 2.59. The predicted octanol–water partition coefficient (Wildman–Crippen LogP) is 4.38. The smallest absolute Gasteiger partial charge is 0.159 e. The number of hydrogen-bond donors (Lipinski definition) is 3. The van der Waals surface area contributed by atoms with Gasteiger partial charge in [0.15, 0.2) is 11.6 Å². The normalized spacial score (nSPS) is 10.4. The van der Waals surface area contributed by atoms with Gasteiger partial charge in [0.25, 0.3) is 0 Å². The van der Waals surface area contributed by atoms with Gasteiger partial charge in [0.05, 0.1) is 0 Å². The van der Waals surface area contributed by atoms with Crippen LogP contribution in [0.15, 0.2) is 54.9 Å². The summed E-state index contributed by atoms with van der Waals surface area (Å²) in [5.74, 6) is 1.13. The molecule has 6 heteroatoms. The minimum atomic E-state index is 0.463. The van der Waals surface area contributed by atoms with Gasteiger partial charge >= 0.3 is 0 Å². The summed E-state index contributed by atoms with van der Waals surface area (Å²) in [5, 5.41) is 7.12. The molecular formula is C18H18ClN5. The van der Waals surface area contributed by atoms with E-state index < -0.39 is 0 Å². The number of aromatic nitrogens is 2. The summed E-state index contributed by atoms with van der Waals surface area (Å²) in [6.45, 7) is 2.57. The molecule has 0 bridgehead atoms. The van der Waals surface area contributed by atoms with Crippen LogP contribution in [0.1, 0.15) is 11.1 Å². The Kier molecular flexibility index (Phi) is 4.82. The fraction of sp³-hybridized carbons (Fsp3) is 0.111. The van der Waals surface area contributed by atoms with Crippen LogP contribution in [0.5, 0.6) is 0 Å². The lowest BCUT2D eigenvalue weighted by molar-refractivity contribution is 1.09. The van der Waals surface area contributed by atoms with E-state index >= 15 is 0 Å². The molecule has 4 N–H and O–H groups in total. The molecule has 0 aliphatic heterocycles. The summed E-state index contributed by atoms with van der Waals surface area (Å²) >= 11 is 6.17. The first-order valence-electron chi connectivity index (χ1n) is 7.55. The molecule has 0 radical (unpaired) electrons. The van der Waals surface area contributed by atoms with E-state index in [1.807, 2.05) is 55.5 Å². The van der Waals surface area contributed by atoms with Crippen LogP contribution in [0.2, 0.25) is 5.02 Å². The summed E-state index contributed by atoms with van der Waals surface area (Å²) in [7, 11) is 0. The molecule has 0 spiro atoms. The first-order chi connectivity index (χ1) is 11.6. The largest absolute Gasteiger partial charge is 0.393 e. The van der Waals surface area contributed by atoms with Crippen LogP contribution >= 0.6 is 11.6 Å². The summed E-state index contributed by atoms with van der Waals surface area (Å²) in [6, 6.07) is 15.7. The highest BCUT2D eigenvalue weighted by molar-refractivity contribution is 6.31. The minimum Gasteiger partial charge on any atom is -0.393 e. The van der Waals surface area contributed by atoms with Gasteiger partial charge in [-0.15, -0.1) is 0 Å². The Labute approximate surface area is 145 Å². The second-order valence-corrected chi connectivity index (χ2v) is 5.83. The number of aryl methyl sites for hydroxylation is 1. The van der Waals surface area contributed by atoms with Crippen molar-refractivity contribution < 1.29 is 0 Å². The van der Waals surface area contributed by atoms with Gasteiger partial charge in [-0.3, -0.25) is 0 Å². The van der Waals surface area contributed by atoms with Gasteiger partial charge in [-0.25, -0.2) is 9.97 Å². The number of rotatable bonds is 5. The van der Waals surface area contributed by atoms with E-state index in [-0.39, 0.29) is 0 Å². The number of anilines is 4. The van der Waals surface area contributed by atoms with E-state index in [2.05, 4.69) is 20.6 Å². The zero-order chi connectivity index (χ0) is 16.9. The standard InChI is InChI=1S/C18H18ClN5/c1-12-6-8-14(9-7-12)24-18-16(20)17(22-11-23-18)21-10-13-4-2-3-5-15(13)19/h2-9,11H,10,20H2,1H3,(H2,21,22,23,24). The van der Waals surface area contributed by atoms with Gasteiger partial charge in [-0.1, -0.05) is 47.5 Å². The van der Waals surface area contributed by atoms with Crippen molar-refractivity contribution in [1.29, 1.82) is 0 Å². The molecule has 0 saturated heterocycles. The van der Waals surface area contributed by atoms with Crippen LogP contribution in [0.25, 0.3) is 0 Å². The summed E-state index contributed by atoms with van der Waals surface area (Å²) in [6.07, 6.45) is 1.47. The Hall–Kier alpha value is -2.79. The number of hydrogen-bond acceptors (Lipinski definition) is 5. The van der Waals surface area contributed by atoms with E-state index in [0.717, 1.165) is 11.3 Å². The monoisotopic (exact) mass is 339 g/mol. The second kappa shape index (κ2) is 7.19. The first-order valence-corrected chi connectivity index (χ1v) is 7.93. The molecule has 5 nitrogen and oxygen atoms in total.